The van der Waals surface area contributed by atoms with Crippen LogP contribution >= 0.6 is 22.6 Å². The summed E-state index contributed by atoms with van der Waals surface area (Å²) in [4.78, 5) is 20.3. The fourth-order valence-electron chi connectivity index (χ4n) is 1.72. The minimum atomic E-state index is -0.359. The van der Waals surface area contributed by atoms with Crippen molar-refractivity contribution in [1.29, 1.82) is 0 Å². The lowest BCUT2D eigenvalue weighted by Crippen LogP contribution is -2.31. The first kappa shape index (κ1) is 17.1. The van der Waals surface area contributed by atoms with E-state index in [1.165, 1.54) is 27.5 Å². The number of carbonyl (C=O) groups is 1. The summed E-state index contributed by atoms with van der Waals surface area (Å²) >= 11 is 2.05. The molecule has 8 nitrogen and oxygen atoms in total. The zero-order valence-corrected chi connectivity index (χ0v) is 14.9. The molecule has 0 radical (unpaired) electrons. The molecule has 9 heteroatoms. The molecule has 2 rings (SSSR count). The van der Waals surface area contributed by atoms with E-state index in [-0.39, 0.29) is 11.9 Å². The van der Waals surface area contributed by atoms with Crippen LogP contribution in [0.5, 0.6) is 17.4 Å². The van der Waals surface area contributed by atoms with E-state index in [9.17, 15) is 4.79 Å². The third-order valence-corrected chi connectivity index (χ3v) is 3.74. The van der Waals surface area contributed by atoms with E-state index in [4.69, 9.17) is 14.2 Å². The molecule has 1 amide bonds. The number of nitrogens with zero attached hydrogens (tertiary/aromatic N) is 2. The SMILES string of the molecule is COc1ccnc(NNC(=O)c2cc(OC)c(OC)cc2I)n1. The number of benzene rings is 1. The summed E-state index contributed by atoms with van der Waals surface area (Å²) in [6, 6.07) is 4.92. The monoisotopic (exact) mass is 430 g/mol. The van der Waals surface area contributed by atoms with Crippen molar-refractivity contribution in [3.8, 4) is 17.4 Å². The normalized spacial score (nSPS) is 9.91. The molecule has 0 bridgehead atoms. The molecule has 0 fully saturated rings. The molecule has 0 atom stereocenters. The molecule has 2 N–H and O–H groups in total. The van der Waals surface area contributed by atoms with Gasteiger partial charge in [0, 0.05) is 15.8 Å². The fourth-order valence-corrected chi connectivity index (χ4v) is 2.41. The van der Waals surface area contributed by atoms with E-state index in [2.05, 4.69) is 20.8 Å². The highest BCUT2D eigenvalue weighted by Crippen LogP contribution is 2.31. The second kappa shape index (κ2) is 7.81. The minimum absolute atomic E-state index is 0.216. The molecule has 0 aliphatic heterocycles. The molecule has 0 saturated heterocycles. The van der Waals surface area contributed by atoms with Gasteiger partial charge in [0.2, 0.25) is 11.8 Å². The Bertz CT molecular complexity index is 711. The van der Waals surface area contributed by atoms with Crippen LogP contribution < -0.4 is 25.1 Å². The number of hydrogen-bond acceptors (Lipinski definition) is 7. The number of aromatic nitrogens is 2. The van der Waals surface area contributed by atoms with Crippen molar-refractivity contribution < 1.29 is 19.0 Å². The smallest absolute Gasteiger partial charge is 0.270 e. The molecule has 122 valence electrons. The van der Waals surface area contributed by atoms with Crippen LogP contribution in [0.15, 0.2) is 24.4 Å². The first-order valence-corrected chi connectivity index (χ1v) is 7.51. The second-order valence-electron chi connectivity index (χ2n) is 4.19. The van der Waals surface area contributed by atoms with Gasteiger partial charge in [-0.05, 0) is 34.7 Å². The number of methoxy groups -OCH3 is 3. The maximum absolute atomic E-state index is 12.3. The third kappa shape index (κ3) is 4.12. The Morgan fingerprint density at radius 1 is 1.13 bits per heavy atom. The third-order valence-electron chi connectivity index (χ3n) is 2.84. The largest absolute Gasteiger partial charge is 0.493 e. The van der Waals surface area contributed by atoms with Gasteiger partial charge in [0.05, 0.1) is 26.9 Å². The number of rotatable bonds is 6. The van der Waals surface area contributed by atoms with Crippen LogP contribution in [-0.4, -0.2) is 37.2 Å². The number of amides is 1. The molecule has 0 aliphatic rings. The lowest BCUT2D eigenvalue weighted by molar-refractivity contribution is 0.0961. The minimum Gasteiger partial charge on any atom is -0.493 e. The zero-order valence-electron chi connectivity index (χ0n) is 12.7. The average molecular weight is 430 g/mol. The first-order valence-electron chi connectivity index (χ1n) is 6.44. The van der Waals surface area contributed by atoms with Crippen LogP contribution in [0.4, 0.5) is 5.95 Å². The van der Waals surface area contributed by atoms with Crippen molar-refractivity contribution in [2.75, 3.05) is 26.8 Å². The molecule has 23 heavy (non-hydrogen) atoms. The van der Waals surface area contributed by atoms with Crippen molar-refractivity contribution in [3.63, 3.8) is 0 Å². The van der Waals surface area contributed by atoms with Gasteiger partial charge in [-0.15, -0.1) is 0 Å². The predicted molar refractivity (Wildman–Crippen MR) is 91.9 cm³/mol. The Morgan fingerprint density at radius 3 is 2.48 bits per heavy atom. The van der Waals surface area contributed by atoms with Crippen LogP contribution in [0.1, 0.15) is 10.4 Å². The number of ether oxygens (including phenoxy) is 3. The van der Waals surface area contributed by atoms with Gasteiger partial charge in [0.25, 0.3) is 5.91 Å². The molecule has 1 heterocycles. The lowest BCUT2D eigenvalue weighted by Gasteiger charge is -2.12. The van der Waals surface area contributed by atoms with Gasteiger partial charge in [-0.25, -0.2) is 4.98 Å². The number of halogens is 1. The van der Waals surface area contributed by atoms with E-state index in [0.717, 1.165) is 0 Å². The second-order valence-corrected chi connectivity index (χ2v) is 5.35. The highest BCUT2D eigenvalue weighted by Gasteiger charge is 2.15. The Balaban J connectivity index is 2.14. The molecule has 0 unspecified atom stereocenters. The zero-order chi connectivity index (χ0) is 16.8. The molecule has 0 saturated carbocycles. The molecule has 1 aromatic carbocycles. The number of hydrogen-bond donors (Lipinski definition) is 2. The summed E-state index contributed by atoms with van der Waals surface area (Å²) < 4.78 is 16.1. The lowest BCUT2D eigenvalue weighted by atomic mass is 10.2. The molecule has 2 aromatic rings. The van der Waals surface area contributed by atoms with Gasteiger partial charge < -0.3 is 14.2 Å². The average Bonchev–Trinajstić information content (AvgIpc) is 2.59. The van der Waals surface area contributed by atoms with Crippen molar-refractivity contribution in [2.24, 2.45) is 0 Å². The quantitative estimate of drug-likeness (QED) is 0.534. The summed E-state index contributed by atoms with van der Waals surface area (Å²) in [7, 11) is 4.54. The van der Waals surface area contributed by atoms with E-state index >= 15 is 0 Å². The van der Waals surface area contributed by atoms with Crippen LogP contribution in [0.3, 0.4) is 0 Å². The number of hydrazine groups is 1. The maximum Gasteiger partial charge on any atom is 0.270 e. The standard InChI is InChI=1S/C14H15IN4O4/c1-21-10-6-8(9(15)7-11(10)22-2)13(20)18-19-14-16-5-4-12(17-14)23-3/h4-7H,1-3H3,(H,18,20)(H,16,17,19). The van der Waals surface area contributed by atoms with Gasteiger partial charge in [-0.3, -0.25) is 15.6 Å². The van der Waals surface area contributed by atoms with Crippen molar-refractivity contribution >= 4 is 34.4 Å². The van der Waals surface area contributed by atoms with Gasteiger partial charge in [-0.2, -0.15) is 4.98 Å². The molecular weight excluding hydrogens is 415 g/mol. The molecular formula is C14H15IN4O4. The van der Waals surface area contributed by atoms with E-state index in [0.29, 0.717) is 26.5 Å². The Hall–Kier alpha value is -2.30. The van der Waals surface area contributed by atoms with Gasteiger partial charge in [0.1, 0.15) is 0 Å². The summed E-state index contributed by atoms with van der Waals surface area (Å²) in [5.74, 6) is 1.26. The first-order chi connectivity index (χ1) is 11.1. The molecule has 0 spiro atoms. The summed E-state index contributed by atoms with van der Waals surface area (Å²) in [6.07, 6.45) is 1.51. The Kier molecular flexibility index (Phi) is 5.79. The predicted octanol–water partition coefficient (Wildman–Crippen LogP) is 1.86. The fraction of sp³-hybridized carbons (Fsp3) is 0.214. The van der Waals surface area contributed by atoms with Crippen LogP contribution in [0, 0.1) is 3.57 Å². The van der Waals surface area contributed by atoms with Crippen LogP contribution in [-0.2, 0) is 0 Å². The Labute approximate surface area is 146 Å². The topological polar surface area (TPSA) is 94.6 Å². The van der Waals surface area contributed by atoms with E-state index in [1.54, 1.807) is 18.2 Å². The number of carbonyl (C=O) groups excluding carboxylic acids is 1. The summed E-state index contributed by atoms with van der Waals surface area (Å²) in [5.41, 5.74) is 5.59. The van der Waals surface area contributed by atoms with Gasteiger partial charge in [0.15, 0.2) is 11.5 Å². The highest BCUT2D eigenvalue weighted by molar-refractivity contribution is 14.1. The van der Waals surface area contributed by atoms with Crippen molar-refractivity contribution in [1.82, 2.24) is 15.4 Å². The maximum atomic E-state index is 12.3. The van der Waals surface area contributed by atoms with Crippen LogP contribution in [0.25, 0.3) is 0 Å². The van der Waals surface area contributed by atoms with E-state index < -0.39 is 0 Å². The van der Waals surface area contributed by atoms with Gasteiger partial charge >= 0.3 is 0 Å². The van der Waals surface area contributed by atoms with E-state index in [1.807, 2.05) is 22.6 Å². The van der Waals surface area contributed by atoms with Crippen molar-refractivity contribution in [2.45, 2.75) is 0 Å². The molecule has 0 aliphatic carbocycles. The summed E-state index contributed by atoms with van der Waals surface area (Å²) in [5, 5.41) is 0. The van der Waals surface area contributed by atoms with Crippen molar-refractivity contribution in [3.05, 3.63) is 33.5 Å². The van der Waals surface area contributed by atoms with Gasteiger partial charge in [-0.1, -0.05) is 0 Å². The summed E-state index contributed by atoms with van der Waals surface area (Å²) in [6.45, 7) is 0. The number of anilines is 1. The highest BCUT2D eigenvalue weighted by atomic mass is 127. The van der Waals surface area contributed by atoms with Crippen LogP contribution in [0.2, 0.25) is 0 Å². The number of nitrogens with one attached hydrogen (secondary N) is 2. The Morgan fingerprint density at radius 2 is 1.83 bits per heavy atom. The molecule has 1 aromatic heterocycles.